The van der Waals surface area contributed by atoms with Gasteiger partial charge in [0, 0.05) is 52.4 Å². The van der Waals surface area contributed by atoms with Crippen LogP contribution in [0.25, 0.3) is 0 Å². The molecule has 0 aliphatic carbocycles. The van der Waals surface area contributed by atoms with Crippen LogP contribution in [0.5, 0.6) is 0 Å². The van der Waals surface area contributed by atoms with Gasteiger partial charge in [0.25, 0.3) is 0 Å². The molecule has 18 heavy (non-hydrogen) atoms. The molecule has 0 aromatic rings. The van der Waals surface area contributed by atoms with Gasteiger partial charge >= 0.3 is 0 Å². The van der Waals surface area contributed by atoms with Gasteiger partial charge in [-0.15, -0.1) is 0 Å². The average molecular weight is 255 g/mol. The van der Waals surface area contributed by atoms with E-state index in [0.29, 0.717) is 6.10 Å². The molecule has 2 rings (SSSR count). The van der Waals surface area contributed by atoms with Gasteiger partial charge in [0.2, 0.25) is 0 Å². The van der Waals surface area contributed by atoms with Crippen LogP contribution in [-0.4, -0.2) is 74.9 Å². The molecule has 2 fully saturated rings. The maximum Gasteiger partial charge on any atom is 0.0828 e. The summed E-state index contributed by atoms with van der Waals surface area (Å²) in [5, 5.41) is 3.38. The summed E-state index contributed by atoms with van der Waals surface area (Å²) in [6.07, 6.45) is 4.33. The monoisotopic (exact) mass is 255 g/mol. The highest BCUT2D eigenvalue weighted by molar-refractivity contribution is 4.80. The lowest BCUT2D eigenvalue weighted by Crippen LogP contribution is -2.52. The molecule has 0 amide bonds. The Morgan fingerprint density at radius 3 is 2.50 bits per heavy atom. The summed E-state index contributed by atoms with van der Waals surface area (Å²) in [4.78, 5) is 5.04. The molecule has 0 bridgehead atoms. The number of hydrogen-bond donors (Lipinski definition) is 1. The molecular formula is C14H29N3O. The van der Waals surface area contributed by atoms with Crippen molar-refractivity contribution in [3.05, 3.63) is 0 Å². The van der Waals surface area contributed by atoms with Crippen LogP contribution < -0.4 is 5.32 Å². The Balaban J connectivity index is 1.40. The normalized spacial score (nSPS) is 23.2. The minimum absolute atomic E-state index is 0.518. The van der Waals surface area contributed by atoms with Gasteiger partial charge in [-0.1, -0.05) is 13.3 Å². The Bertz CT molecular complexity index is 213. The summed E-state index contributed by atoms with van der Waals surface area (Å²) in [6, 6.07) is 0. The van der Waals surface area contributed by atoms with Gasteiger partial charge in [-0.25, -0.2) is 0 Å². The predicted octanol–water partition coefficient (Wildman–Crippen LogP) is 0.783. The first-order valence-electron chi connectivity index (χ1n) is 7.65. The van der Waals surface area contributed by atoms with Crippen LogP contribution in [0, 0.1) is 0 Å². The van der Waals surface area contributed by atoms with Gasteiger partial charge in [-0.05, 0) is 19.4 Å². The Labute approximate surface area is 112 Å². The molecule has 4 heteroatoms. The van der Waals surface area contributed by atoms with Crippen LogP contribution >= 0.6 is 0 Å². The number of unbranched alkanes of at least 4 members (excludes halogenated alkanes) is 1. The summed E-state index contributed by atoms with van der Waals surface area (Å²) in [5.41, 5.74) is 0. The molecule has 0 radical (unpaired) electrons. The lowest BCUT2D eigenvalue weighted by atomic mass is 10.1. The number of hydrogen-bond acceptors (Lipinski definition) is 4. The van der Waals surface area contributed by atoms with Crippen molar-refractivity contribution < 1.29 is 4.74 Å². The van der Waals surface area contributed by atoms with Crippen LogP contribution in [0.4, 0.5) is 0 Å². The zero-order valence-corrected chi connectivity index (χ0v) is 11.9. The van der Waals surface area contributed by atoms with E-state index in [9.17, 15) is 0 Å². The second-order valence-corrected chi connectivity index (χ2v) is 5.55. The minimum atomic E-state index is 0.518. The molecule has 2 aliphatic heterocycles. The molecule has 1 N–H and O–H groups in total. The molecular weight excluding hydrogens is 226 g/mol. The molecule has 4 nitrogen and oxygen atoms in total. The van der Waals surface area contributed by atoms with Crippen molar-refractivity contribution in [1.82, 2.24) is 15.1 Å². The molecule has 0 unspecified atom stereocenters. The zero-order chi connectivity index (χ0) is 12.6. The number of likely N-dealkylation sites (tertiary alicyclic amines) is 1. The Hall–Kier alpha value is -0.160. The fourth-order valence-corrected chi connectivity index (χ4v) is 2.67. The lowest BCUT2D eigenvalue weighted by molar-refractivity contribution is -0.0564. The van der Waals surface area contributed by atoms with Gasteiger partial charge in [-0.3, -0.25) is 4.90 Å². The van der Waals surface area contributed by atoms with E-state index < -0.39 is 0 Å². The van der Waals surface area contributed by atoms with Crippen LogP contribution in [-0.2, 0) is 4.74 Å². The topological polar surface area (TPSA) is 27.7 Å². The Morgan fingerprint density at radius 1 is 1.06 bits per heavy atom. The first-order chi connectivity index (χ1) is 8.88. The highest BCUT2D eigenvalue weighted by Crippen LogP contribution is 2.12. The summed E-state index contributed by atoms with van der Waals surface area (Å²) in [5.74, 6) is 0. The molecule has 0 atom stereocenters. The summed E-state index contributed by atoms with van der Waals surface area (Å²) < 4.78 is 5.90. The highest BCUT2D eigenvalue weighted by Gasteiger charge is 2.26. The molecule has 2 aliphatic rings. The van der Waals surface area contributed by atoms with Crippen molar-refractivity contribution >= 4 is 0 Å². The van der Waals surface area contributed by atoms with Crippen molar-refractivity contribution in [2.45, 2.75) is 32.3 Å². The third kappa shape index (κ3) is 4.84. The Morgan fingerprint density at radius 2 is 1.78 bits per heavy atom. The second-order valence-electron chi connectivity index (χ2n) is 5.55. The van der Waals surface area contributed by atoms with Crippen LogP contribution in [0.15, 0.2) is 0 Å². The number of nitrogens with one attached hydrogen (secondary N) is 1. The third-order valence-electron chi connectivity index (χ3n) is 3.93. The van der Waals surface area contributed by atoms with Crippen molar-refractivity contribution in [3.63, 3.8) is 0 Å². The lowest BCUT2D eigenvalue weighted by Gasteiger charge is -2.39. The first kappa shape index (κ1) is 14.3. The maximum absolute atomic E-state index is 5.90. The fraction of sp³-hybridized carbons (Fsp3) is 1.00. The second kappa shape index (κ2) is 8.10. The number of ether oxygens (including phenoxy) is 1. The van der Waals surface area contributed by atoms with Crippen molar-refractivity contribution in [2.75, 3.05) is 59.0 Å². The first-order valence-corrected chi connectivity index (χ1v) is 7.65. The third-order valence-corrected chi connectivity index (χ3v) is 3.93. The largest absolute Gasteiger partial charge is 0.376 e. The van der Waals surface area contributed by atoms with E-state index in [1.54, 1.807) is 0 Å². The fourth-order valence-electron chi connectivity index (χ4n) is 2.67. The number of nitrogens with zero attached hydrogens (tertiary/aromatic N) is 2. The molecule has 0 aromatic carbocycles. The molecule has 2 heterocycles. The van der Waals surface area contributed by atoms with Gasteiger partial charge in [0.1, 0.15) is 0 Å². The quantitative estimate of drug-likeness (QED) is 0.649. The standard InChI is InChI=1S/C14H29N3O/c1-2-3-7-17-12-14(13-17)18-11-4-8-16-9-5-15-6-10-16/h14-15H,2-13H2,1H3. The van der Waals surface area contributed by atoms with E-state index in [0.717, 1.165) is 32.8 Å². The minimum Gasteiger partial charge on any atom is -0.376 e. The van der Waals surface area contributed by atoms with E-state index in [4.69, 9.17) is 4.74 Å². The van der Waals surface area contributed by atoms with Gasteiger partial charge < -0.3 is 15.0 Å². The van der Waals surface area contributed by atoms with Gasteiger partial charge in [0.05, 0.1) is 6.10 Å². The van der Waals surface area contributed by atoms with Crippen LogP contribution in [0.1, 0.15) is 26.2 Å². The SMILES string of the molecule is CCCCN1CC(OCCCN2CCNCC2)C1. The summed E-state index contributed by atoms with van der Waals surface area (Å²) in [6.45, 7) is 12.7. The smallest absolute Gasteiger partial charge is 0.0828 e. The van der Waals surface area contributed by atoms with E-state index in [1.807, 2.05) is 0 Å². The number of rotatable bonds is 8. The Kier molecular flexibility index (Phi) is 6.41. The van der Waals surface area contributed by atoms with Crippen LogP contribution in [0.3, 0.4) is 0 Å². The summed E-state index contributed by atoms with van der Waals surface area (Å²) in [7, 11) is 0. The van der Waals surface area contributed by atoms with Gasteiger partial charge in [0.15, 0.2) is 0 Å². The van der Waals surface area contributed by atoms with Crippen molar-refractivity contribution in [3.8, 4) is 0 Å². The van der Waals surface area contributed by atoms with Crippen molar-refractivity contribution in [1.29, 1.82) is 0 Å². The van der Waals surface area contributed by atoms with Crippen molar-refractivity contribution in [2.24, 2.45) is 0 Å². The molecule has 106 valence electrons. The van der Waals surface area contributed by atoms with Gasteiger partial charge in [-0.2, -0.15) is 0 Å². The maximum atomic E-state index is 5.90. The van der Waals surface area contributed by atoms with E-state index in [-0.39, 0.29) is 0 Å². The average Bonchev–Trinajstić information content (AvgIpc) is 2.37. The predicted molar refractivity (Wildman–Crippen MR) is 75.0 cm³/mol. The molecule has 0 aromatic heterocycles. The zero-order valence-electron chi connectivity index (χ0n) is 11.9. The summed E-state index contributed by atoms with van der Waals surface area (Å²) >= 11 is 0. The number of piperazine rings is 1. The van der Waals surface area contributed by atoms with E-state index >= 15 is 0 Å². The highest BCUT2D eigenvalue weighted by atomic mass is 16.5. The molecule has 0 saturated carbocycles. The molecule has 0 spiro atoms. The van der Waals surface area contributed by atoms with Crippen LogP contribution in [0.2, 0.25) is 0 Å². The van der Waals surface area contributed by atoms with E-state index in [1.165, 1.54) is 45.4 Å². The van der Waals surface area contributed by atoms with E-state index in [2.05, 4.69) is 22.0 Å². The molecule has 2 saturated heterocycles.